The van der Waals surface area contributed by atoms with Crippen LogP contribution in [0.3, 0.4) is 0 Å². The number of carbonyl (C=O) groups excluding carboxylic acids is 1. The van der Waals surface area contributed by atoms with Crippen molar-refractivity contribution in [2.24, 2.45) is 0 Å². The molecule has 0 radical (unpaired) electrons. The van der Waals surface area contributed by atoms with E-state index in [0.29, 0.717) is 11.4 Å². The number of nitrogens with zero attached hydrogens (tertiary/aromatic N) is 1. The Morgan fingerprint density at radius 3 is 2.84 bits per heavy atom. The minimum absolute atomic E-state index is 0.0577. The number of hydrogen-bond donors (Lipinski definition) is 2. The predicted molar refractivity (Wildman–Crippen MR) is 74.9 cm³/mol. The van der Waals surface area contributed by atoms with Gasteiger partial charge >= 0.3 is 0 Å². The second-order valence-corrected chi connectivity index (χ2v) is 4.35. The molecule has 1 amide bonds. The third-order valence-electron chi connectivity index (χ3n) is 2.62. The third-order valence-corrected chi connectivity index (χ3v) is 2.62. The van der Waals surface area contributed by atoms with Gasteiger partial charge in [0.1, 0.15) is 6.54 Å². The van der Waals surface area contributed by atoms with Gasteiger partial charge in [-0.1, -0.05) is 12.1 Å². The van der Waals surface area contributed by atoms with E-state index in [1.54, 1.807) is 6.07 Å². The number of pyridine rings is 1. The Hall–Kier alpha value is -2.56. The summed E-state index contributed by atoms with van der Waals surface area (Å²) in [5, 5.41) is 2.74. The minimum Gasteiger partial charge on any atom is -0.398 e. The molecule has 2 aromatic rings. The SMILES string of the molecule is Cc1cccc(NC(=O)Cn2cc(N)ccc2=O)c1. The van der Waals surface area contributed by atoms with E-state index in [0.717, 1.165) is 5.56 Å². The van der Waals surface area contributed by atoms with Gasteiger partial charge in [-0.2, -0.15) is 0 Å². The maximum atomic E-state index is 11.8. The highest BCUT2D eigenvalue weighted by molar-refractivity contribution is 5.90. The van der Waals surface area contributed by atoms with Gasteiger partial charge < -0.3 is 15.6 Å². The zero-order chi connectivity index (χ0) is 13.8. The van der Waals surface area contributed by atoms with Gasteiger partial charge in [0.05, 0.1) is 0 Å². The van der Waals surface area contributed by atoms with Gasteiger partial charge in [0.2, 0.25) is 5.91 Å². The van der Waals surface area contributed by atoms with Gasteiger partial charge in [-0.25, -0.2) is 0 Å². The molecule has 1 heterocycles. The van der Waals surface area contributed by atoms with E-state index in [4.69, 9.17) is 5.73 Å². The summed E-state index contributed by atoms with van der Waals surface area (Å²) in [6, 6.07) is 10.3. The number of amides is 1. The summed E-state index contributed by atoms with van der Waals surface area (Å²) in [5.74, 6) is -0.265. The Morgan fingerprint density at radius 1 is 1.32 bits per heavy atom. The highest BCUT2D eigenvalue weighted by Crippen LogP contribution is 2.09. The van der Waals surface area contributed by atoms with Crippen LogP contribution in [0.2, 0.25) is 0 Å². The number of benzene rings is 1. The predicted octanol–water partition coefficient (Wildman–Crippen LogP) is 1.38. The summed E-state index contributed by atoms with van der Waals surface area (Å²) < 4.78 is 1.28. The Kier molecular flexibility index (Phi) is 3.66. The molecule has 5 heteroatoms. The van der Waals surface area contributed by atoms with E-state index in [2.05, 4.69) is 5.32 Å². The second kappa shape index (κ2) is 5.39. The number of nitrogen functional groups attached to an aromatic ring is 1. The van der Waals surface area contributed by atoms with Gasteiger partial charge in [0.25, 0.3) is 5.56 Å². The first-order chi connectivity index (χ1) is 9.04. The summed E-state index contributed by atoms with van der Waals surface area (Å²) in [6.45, 7) is 1.88. The molecule has 3 N–H and O–H groups in total. The molecule has 2 rings (SSSR count). The van der Waals surface area contributed by atoms with Crippen LogP contribution in [0.15, 0.2) is 47.4 Å². The number of rotatable bonds is 3. The van der Waals surface area contributed by atoms with E-state index < -0.39 is 0 Å². The molecule has 98 valence electrons. The van der Waals surface area contributed by atoms with Crippen molar-refractivity contribution < 1.29 is 4.79 Å². The summed E-state index contributed by atoms with van der Waals surface area (Å²) in [6.07, 6.45) is 1.46. The molecule has 0 aliphatic heterocycles. The van der Waals surface area contributed by atoms with Gasteiger partial charge in [0.15, 0.2) is 0 Å². The largest absolute Gasteiger partial charge is 0.398 e. The molecular formula is C14H15N3O2. The average Bonchev–Trinajstić information content (AvgIpc) is 2.34. The van der Waals surface area contributed by atoms with Crippen molar-refractivity contribution in [2.45, 2.75) is 13.5 Å². The fourth-order valence-electron chi connectivity index (χ4n) is 1.75. The van der Waals surface area contributed by atoms with Gasteiger partial charge in [-0.15, -0.1) is 0 Å². The Bertz CT molecular complexity index is 662. The van der Waals surface area contributed by atoms with E-state index in [1.165, 1.54) is 22.9 Å². The van der Waals surface area contributed by atoms with Crippen molar-refractivity contribution in [1.29, 1.82) is 0 Å². The molecule has 5 nitrogen and oxygen atoms in total. The molecule has 0 saturated carbocycles. The standard InChI is InChI=1S/C14H15N3O2/c1-10-3-2-4-12(7-10)16-13(18)9-17-8-11(15)5-6-14(17)19/h2-8H,9,15H2,1H3,(H,16,18). The topological polar surface area (TPSA) is 77.1 Å². The Labute approximate surface area is 110 Å². The summed E-state index contributed by atoms with van der Waals surface area (Å²) >= 11 is 0. The molecule has 1 aromatic heterocycles. The van der Waals surface area contributed by atoms with E-state index in [9.17, 15) is 9.59 Å². The first kappa shape index (κ1) is 12.9. The van der Waals surface area contributed by atoms with Crippen LogP contribution in [0.5, 0.6) is 0 Å². The highest BCUT2D eigenvalue weighted by Gasteiger charge is 2.05. The van der Waals surface area contributed by atoms with Crippen molar-refractivity contribution >= 4 is 17.3 Å². The zero-order valence-electron chi connectivity index (χ0n) is 10.6. The first-order valence-corrected chi connectivity index (χ1v) is 5.87. The monoisotopic (exact) mass is 257 g/mol. The first-order valence-electron chi connectivity index (χ1n) is 5.87. The Balaban J connectivity index is 2.09. The van der Waals surface area contributed by atoms with Crippen LogP contribution in [0, 0.1) is 6.92 Å². The molecule has 0 unspecified atom stereocenters. The molecule has 0 aliphatic rings. The van der Waals surface area contributed by atoms with Crippen molar-refractivity contribution in [2.75, 3.05) is 11.1 Å². The minimum atomic E-state index is -0.265. The maximum Gasteiger partial charge on any atom is 0.251 e. The molecule has 0 bridgehead atoms. The third kappa shape index (κ3) is 3.45. The van der Waals surface area contributed by atoms with Crippen LogP contribution in [-0.4, -0.2) is 10.5 Å². The van der Waals surface area contributed by atoms with Crippen LogP contribution >= 0.6 is 0 Å². The van der Waals surface area contributed by atoms with Crippen LogP contribution in [0.1, 0.15) is 5.56 Å². The van der Waals surface area contributed by atoms with E-state index >= 15 is 0 Å². The number of nitrogens with two attached hydrogens (primary N) is 1. The highest BCUT2D eigenvalue weighted by atomic mass is 16.2. The Morgan fingerprint density at radius 2 is 2.11 bits per heavy atom. The van der Waals surface area contributed by atoms with E-state index in [1.807, 2.05) is 25.1 Å². The zero-order valence-corrected chi connectivity index (χ0v) is 10.6. The van der Waals surface area contributed by atoms with Crippen molar-refractivity contribution in [3.8, 4) is 0 Å². The molecule has 0 aliphatic carbocycles. The molecule has 0 spiro atoms. The summed E-state index contributed by atoms with van der Waals surface area (Å²) in [4.78, 5) is 23.4. The van der Waals surface area contributed by atoms with Gasteiger partial charge in [-0.3, -0.25) is 9.59 Å². The lowest BCUT2D eigenvalue weighted by Crippen LogP contribution is -2.27. The van der Waals surface area contributed by atoms with Crippen molar-refractivity contribution in [3.05, 3.63) is 58.5 Å². The molecular weight excluding hydrogens is 242 g/mol. The summed E-state index contributed by atoms with van der Waals surface area (Å²) in [5.41, 5.74) is 7.54. The van der Waals surface area contributed by atoms with Crippen molar-refractivity contribution in [1.82, 2.24) is 4.57 Å². The van der Waals surface area contributed by atoms with E-state index in [-0.39, 0.29) is 18.0 Å². The molecule has 0 atom stereocenters. The number of anilines is 2. The maximum absolute atomic E-state index is 11.8. The quantitative estimate of drug-likeness (QED) is 0.872. The average molecular weight is 257 g/mol. The van der Waals surface area contributed by atoms with Crippen LogP contribution in [0.25, 0.3) is 0 Å². The van der Waals surface area contributed by atoms with Gasteiger partial charge in [0, 0.05) is 23.6 Å². The number of carbonyl (C=O) groups is 1. The summed E-state index contributed by atoms with van der Waals surface area (Å²) in [7, 11) is 0. The molecule has 19 heavy (non-hydrogen) atoms. The number of aryl methyl sites for hydroxylation is 1. The lowest BCUT2D eigenvalue weighted by molar-refractivity contribution is -0.116. The van der Waals surface area contributed by atoms with Crippen LogP contribution < -0.4 is 16.6 Å². The number of nitrogens with one attached hydrogen (secondary N) is 1. The van der Waals surface area contributed by atoms with Crippen molar-refractivity contribution in [3.63, 3.8) is 0 Å². The molecule has 1 aromatic carbocycles. The fraction of sp³-hybridized carbons (Fsp3) is 0.143. The van der Waals surface area contributed by atoms with Crippen LogP contribution in [0.4, 0.5) is 11.4 Å². The lowest BCUT2D eigenvalue weighted by atomic mass is 10.2. The number of aromatic nitrogens is 1. The number of hydrogen-bond acceptors (Lipinski definition) is 3. The van der Waals surface area contributed by atoms with Crippen LogP contribution in [-0.2, 0) is 11.3 Å². The fourth-order valence-corrected chi connectivity index (χ4v) is 1.75. The normalized spacial score (nSPS) is 10.2. The van der Waals surface area contributed by atoms with Gasteiger partial charge in [-0.05, 0) is 30.7 Å². The smallest absolute Gasteiger partial charge is 0.251 e. The second-order valence-electron chi connectivity index (χ2n) is 4.35. The molecule has 0 saturated heterocycles. The lowest BCUT2D eigenvalue weighted by Gasteiger charge is -2.08. The molecule has 0 fully saturated rings.